The molecule has 2 atom stereocenters. The molecule has 4 heteroatoms. The summed E-state index contributed by atoms with van der Waals surface area (Å²) >= 11 is 0. The highest BCUT2D eigenvalue weighted by molar-refractivity contribution is 5.99. The molecule has 1 aromatic rings. The molecule has 0 bridgehead atoms. The molecule has 1 spiro atoms. The molecule has 0 aromatic heterocycles. The van der Waals surface area contributed by atoms with Crippen LogP contribution in [0.4, 0.5) is 4.39 Å². The van der Waals surface area contributed by atoms with Gasteiger partial charge in [-0.1, -0.05) is 12.1 Å². The van der Waals surface area contributed by atoms with E-state index in [0.717, 1.165) is 24.0 Å². The lowest BCUT2D eigenvalue weighted by atomic mass is 9.61. The van der Waals surface area contributed by atoms with Crippen molar-refractivity contribution in [1.29, 1.82) is 0 Å². The number of carbonyl (C=O) groups excluding carboxylic acids is 1. The van der Waals surface area contributed by atoms with E-state index in [0.29, 0.717) is 25.7 Å². The first-order valence-electron chi connectivity index (χ1n) is 7.03. The summed E-state index contributed by atoms with van der Waals surface area (Å²) in [7, 11) is 0. The highest BCUT2D eigenvalue weighted by atomic mass is 19.1. The smallest absolute Gasteiger partial charge is 0.314 e. The monoisotopic (exact) mass is 276 g/mol. The number of halogens is 1. The summed E-state index contributed by atoms with van der Waals surface area (Å²) in [4.78, 5) is 23.0. The molecule has 1 N–H and O–H groups in total. The van der Waals surface area contributed by atoms with Gasteiger partial charge in [0.05, 0.1) is 0 Å². The van der Waals surface area contributed by atoms with Crippen LogP contribution in [-0.4, -0.2) is 16.9 Å². The molecule has 3 rings (SSSR count). The van der Waals surface area contributed by atoms with E-state index < -0.39 is 11.9 Å². The highest BCUT2D eigenvalue weighted by Crippen LogP contribution is 2.46. The summed E-state index contributed by atoms with van der Waals surface area (Å²) < 4.78 is 13.7. The molecule has 1 fully saturated rings. The van der Waals surface area contributed by atoms with Crippen LogP contribution in [0.1, 0.15) is 36.8 Å². The summed E-state index contributed by atoms with van der Waals surface area (Å²) in [6, 6.07) is 5.11. The number of carboxylic acid groups (broad SMARTS) is 1. The summed E-state index contributed by atoms with van der Waals surface area (Å²) in [5, 5.41) is 9.02. The first kappa shape index (κ1) is 13.3. The zero-order valence-corrected chi connectivity index (χ0v) is 11.2. The van der Waals surface area contributed by atoms with E-state index in [9.17, 15) is 14.0 Å². The number of carboxylic acids is 1. The van der Waals surface area contributed by atoms with Crippen molar-refractivity contribution in [1.82, 2.24) is 0 Å². The number of Topliss-reactive ketones (excluding diaryl/α,β-unsaturated/α-hetero) is 1. The molecular weight excluding hydrogens is 259 g/mol. The third kappa shape index (κ3) is 2.13. The van der Waals surface area contributed by atoms with E-state index in [2.05, 4.69) is 0 Å². The SMILES string of the molecule is O=C(O)C1CC[C@]2(CCc3c(F)cccc3C2)CC1=O. The first-order valence-corrected chi connectivity index (χ1v) is 7.03. The Balaban J connectivity index is 1.83. The third-order valence-corrected chi connectivity index (χ3v) is 4.89. The number of rotatable bonds is 1. The summed E-state index contributed by atoms with van der Waals surface area (Å²) in [5.74, 6) is -2.17. The van der Waals surface area contributed by atoms with E-state index in [4.69, 9.17) is 5.11 Å². The number of aliphatic carboxylic acids is 1. The Hall–Kier alpha value is -1.71. The first-order chi connectivity index (χ1) is 9.51. The van der Waals surface area contributed by atoms with Crippen molar-refractivity contribution in [3.8, 4) is 0 Å². The van der Waals surface area contributed by atoms with E-state index in [-0.39, 0.29) is 17.0 Å². The zero-order chi connectivity index (χ0) is 14.3. The van der Waals surface area contributed by atoms with Gasteiger partial charge < -0.3 is 5.11 Å². The van der Waals surface area contributed by atoms with Crippen LogP contribution in [-0.2, 0) is 22.4 Å². The minimum absolute atomic E-state index is 0.149. The molecule has 1 aromatic carbocycles. The van der Waals surface area contributed by atoms with Crippen LogP contribution >= 0.6 is 0 Å². The second-order valence-corrected chi connectivity index (χ2v) is 6.13. The fourth-order valence-corrected chi connectivity index (χ4v) is 3.75. The van der Waals surface area contributed by atoms with Crippen molar-refractivity contribution in [2.24, 2.45) is 11.3 Å². The zero-order valence-electron chi connectivity index (χ0n) is 11.2. The molecule has 20 heavy (non-hydrogen) atoms. The topological polar surface area (TPSA) is 54.4 Å². The lowest BCUT2D eigenvalue weighted by molar-refractivity contribution is -0.149. The van der Waals surface area contributed by atoms with Gasteiger partial charge in [-0.2, -0.15) is 0 Å². The maximum absolute atomic E-state index is 13.7. The predicted molar refractivity (Wildman–Crippen MR) is 70.8 cm³/mol. The van der Waals surface area contributed by atoms with Crippen LogP contribution in [0.3, 0.4) is 0 Å². The quantitative estimate of drug-likeness (QED) is 0.802. The van der Waals surface area contributed by atoms with Gasteiger partial charge in [0.1, 0.15) is 17.5 Å². The van der Waals surface area contributed by atoms with Crippen molar-refractivity contribution in [2.45, 2.75) is 38.5 Å². The fourth-order valence-electron chi connectivity index (χ4n) is 3.75. The number of carbonyl (C=O) groups is 2. The molecule has 0 saturated heterocycles. The molecule has 0 aliphatic heterocycles. The van der Waals surface area contributed by atoms with Gasteiger partial charge in [0.15, 0.2) is 0 Å². The molecule has 0 radical (unpaired) electrons. The molecule has 3 nitrogen and oxygen atoms in total. The minimum Gasteiger partial charge on any atom is -0.481 e. The Morgan fingerprint density at radius 3 is 2.80 bits per heavy atom. The summed E-state index contributed by atoms with van der Waals surface area (Å²) in [6.07, 6.45) is 3.59. The van der Waals surface area contributed by atoms with Crippen LogP contribution in [0.2, 0.25) is 0 Å². The second-order valence-electron chi connectivity index (χ2n) is 6.13. The predicted octanol–water partition coefficient (Wildman–Crippen LogP) is 2.75. The normalized spacial score (nSPS) is 29.2. The van der Waals surface area contributed by atoms with Gasteiger partial charge in [-0.3, -0.25) is 9.59 Å². The van der Waals surface area contributed by atoms with E-state index in [1.54, 1.807) is 6.07 Å². The number of fused-ring (bicyclic) bond motifs is 1. The van der Waals surface area contributed by atoms with Gasteiger partial charge in [-0.05, 0) is 54.7 Å². The Bertz CT molecular complexity index is 581. The maximum atomic E-state index is 13.7. The number of ketones is 1. The van der Waals surface area contributed by atoms with Gasteiger partial charge in [-0.25, -0.2) is 4.39 Å². The van der Waals surface area contributed by atoms with Crippen molar-refractivity contribution < 1.29 is 19.1 Å². The molecule has 0 amide bonds. The van der Waals surface area contributed by atoms with Crippen LogP contribution in [0.25, 0.3) is 0 Å². The average molecular weight is 276 g/mol. The molecule has 106 valence electrons. The molecule has 1 unspecified atom stereocenters. The fraction of sp³-hybridized carbons (Fsp3) is 0.500. The van der Waals surface area contributed by atoms with Gasteiger partial charge in [-0.15, -0.1) is 0 Å². The number of hydrogen-bond acceptors (Lipinski definition) is 2. The lowest BCUT2D eigenvalue weighted by Gasteiger charge is -2.42. The number of hydrogen-bond donors (Lipinski definition) is 1. The largest absolute Gasteiger partial charge is 0.481 e. The van der Waals surface area contributed by atoms with E-state index >= 15 is 0 Å². The maximum Gasteiger partial charge on any atom is 0.314 e. The Kier molecular flexibility index (Phi) is 3.11. The summed E-state index contributed by atoms with van der Waals surface area (Å²) in [5.41, 5.74) is 1.60. The van der Waals surface area contributed by atoms with Crippen molar-refractivity contribution >= 4 is 11.8 Å². The minimum atomic E-state index is -1.01. The van der Waals surface area contributed by atoms with Gasteiger partial charge >= 0.3 is 5.97 Å². The highest BCUT2D eigenvalue weighted by Gasteiger charge is 2.44. The van der Waals surface area contributed by atoms with Crippen LogP contribution in [0.5, 0.6) is 0 Å². The van der Waals surface area contributed by atoms with Crippen LogP contribution < -0.4 is 0 Å². The molecule has 2 aliphatic rings. The van der Waals surface area contributed by atoms with Gasteiger partial charge in [0.25, 0.3) is 0 Å². The van der Waals surface area contributed by atoms with Gasteiger partial charge in [0, 0.05) is 6.42 Å². The third-order valence-electron chi connectivity index (χ3n) is 4.89. The molecule has 2 aliphatic carbocycles. The lowest BCUT2D eigenvalue weighted by Crippen LogP contribution is -2.40. The molecular formula is C16H17FO3. The molecule has 1 saturated carbocycles. The average Bonchev–Trinajstić information content (AvgIpc) is 2.38. The standard InChI is InChI=1S/C16H17FO3/c17-13-3-1-2-10-8-16(6-4-11(10)13)7-5-12(15(19)20)14(18)9-16/h1-3,12H,4-9H2,(H,19,20)/t12?,16-/m0/s1. The van der Waals surface area contributed by atoms with E-state index in [1.165, 1.54) is 6.07 Å². The molecule has 0 heterocycles. The van der Waals surface area contributed by atoms with Crippen molar-refractivity contribution in [2.75, 3.05) is 0 Å². The Labute approximate surface area is 116 Å². The Morgan fingerprint density at radius 1 is 1.30 bits per heavy atom. The van der Waals surface area contributed by atoms with Crippen molar-refractivity contribution in [3.63, 3.8) is 0 Å². The Morgan fingerprint density at radius 2 is 2.10 bits per heavy atom. The summed E-state index contributed by atoms with van der Waals surface area (Å²) in [6.45, 7) is 0. The van der Waals surface area contributed by atoms with Crippen molar-refractivity contribution in [3.05, 3.63) is 35.1 Å². The second kappa shape index (κ2) is 4.69. The van der Waals surface area contributed by atoms with Crippen LogP contribution in [0.15, 0.2) is 18.2 Å². The van der Waals surface area contributed by atoms with Crippen LogP contribution in [0, 0.1) is 17.2 Å². The van der Waals surface area contributed by atoms with E-state index in [1.807, 2.05) is 6.07 Å². The van der Waals surface area contributed by atoms with Gasteiger partial charge in [0.2, 0.25) is 0 Å². The number of benzene rings is 1.